The van der Waals surface area contributed by atoms with Crippen molar-refractivity contribution in [2.24, 2.45) is 0 Å². The number of rotatable bonds is 7. The van der Waals surface area contributed by atoms with Crippen LogP contribution >= 0.6 is 15.9 Å². The zero-order valence-electron chi connectivity index (χ0n) is 12.5. The van der Waals surface area contributed by atoms with Crippen molar-refractivity contribution in [1.29, 1.82) is 0 Å². The van der Waals surface area contributed by atoms with E-state index < -0.39 is 0 Å². The summed E-state index contributed by atoms with van der Waals surface area (Å²) < 4.78 is 4.80. The third-order valence-electron chi connectivity index (χ3n) is 1.30. The van der Waals surface area contributed by atoms with Gasteiger partial charge in [0.15, 0.2) is 0 Å². The molecule has 0 aromatic carbocycles. The van der Waals surface area contributed by atoms with Gasteiger partial charge < -0.3 is 14.9 Å². The Hall–Kier alpha value is 0.840. The van der Waals surface area contributed by atoms with E-state index in [0.717, 1.165) is 45.4 Å². The molecule has 0 heterocycles. The smallest absolute Gasteiger partial charge is 0.857 e. The van der Waals surface area contributed by atoms with Gasteiger partial charge in [-0.2, -0.15) is 7.11 Å². The Morgan fingerprint density at radius 1 is 1.11 bits per heavy atom. The molecule has 0 aromatic heterocycles. The topological polar surface area (TPSA) is 52.5 Å². The molecule has 0 saturated heterocycles. The molecule has 0 aliphatic rings. The predicted molar refractivity (Wildman–Crippen MR) is 78.6 cm³/mol. The molecule has 0 radical (unpaired) electrons. The molecule has 0 aliphatic heterocycles. The number of halogens is 1. The molecule has 0 amide bonds. The number of hydrogen-bond acceptors (Lipinski definition) is 3. The van der Waals surface area contributed by atoms with Crippen molar-refractivity contribution in [3.8, 4) is 0 Å². The van der Waals surface area contributed by atoms with E-state index in [0.29, 0.717) is 0 Å². The number of methoxy groups -OCH3 is 1. The van der Waals surface area contributed by atoms with E-state index in [1.165, 1.54) is 6.42 Å². The van der Waals surface area contributed by atoms with Gasteiger partial charge in [0.25, 0.3) is 0 Å². The Balaban J connectivity index is -0.0000000471. The molecule has 3 nitrogen and oxygen atoms in total. The van der Waals surface area contributed by atoms with E-state index in [4.69, 9.17) is 14.9 Å². The van der Waals surface area contributed by atoms with Crippen LogP contribution < -0.4 is 34.7 Å². The molecule has 0 aliphatic carbocycles. The first kappa shape index (κ1) is 31.3. The summed E-state index contributed by atoms with van der Waals surface area (Å²) in [7, 11) is 3.46. The van der Waals surface area contributed by atoms with E-state index in [1.807, 2.05) is 12.2 Å². The predicted octanol–water partition coefficient (Wildman–Crippen LogP) is -0.464. The van der Waals surface area contributed by atoms with Crippen LogP contribution in [-0.2, 0) is 4.74 Å². The Bertz CT molecular complexity index is 114. The molecule has 0 rings (SSSR count). The largest absolute Gasteiger partial charge is 1.00 e. The minimum atomic E-state index is 0. The fourth-order valence-electron chi connectivity index (χ4n) is 0.593. The Morgan fingerprint density at radius 2 is 1.50 bits per heavy atom. The summed E-state index contributed by atoms with van der Waals surface area (Å²) in [6, 6.07) is 0. The normalized spacial score (nSPS) is 6.78. The third kappa shape index (κ3) is 68.7. The van der Waals surface area contributed by atoms with Gasteiger partial charge >= 0.3 is 29.6 Å². The van der Waals surface area contributed by atoms with Crippen molar-refractivity contribution in [3.63, 3.8) is 0 Å². The van der Waals surface area contributed by atoms with E-state index in [9.17, 15) is 0 Å². The molecule has 0 saturated carbocycles. The molecule has 0 atom stereocenters. The summed E-state index contributed by atoms with van der Waals surface area (Å²) in [4.78, 5) is 0. The van der Waals surface area contributed by atoms with Crippen molar-refractivity contribution < 1.29 is 44.5 Å². The molecule has 1 N–H and O–H groups in total. The second-order valence-corrected chi connectivity index (χ2v) is 3.34. The molecule has 0 bridgehead atoms. The van der Waals surface area contributed by atoms with Crippen LogP contribution in [0.5, 0.6) is 0 Å². The van der Waals surface area contributed by atoms with Gasteiger partial charge in [0.05, 0.1) is 0 Å². The first-order valence-corrected chi connectivity index (χ1v) is 6.57. The molecular weight excluding hydrogens is 307 g/mol. The number of aliphatic hydroxyl groups is 1. The van der Waals surface area contributed by atoms with Gasteiger partial charge in [-0.15, -0.1) is 13.2 Å². The van der Waals surface area contributed by atoms with Crippen molar-refractivity contribution in [1.82, 2.24) is 0 Å². The van der Waals surface area contributed by atoms with Crippen molar-refractivity contribution in [3.05, 3.63) is 25.3 Å². The second-order valence-electron chi connectivity index (χ2n) is 2.54. The van der Waals surface area contributed by atoms with Gasteiger partial charge in [-0.1, -0.05) is 28.1 Å². The number of allylic oxidation sites excluding steroid dienone is 2. The summed E-state index contributed by atoms with van der Waals surface area (Å²) in [5, 5.41) is 16.3. The SMILES string of the molecule is C=CCCCBr.C=CCCCOC.CO.C[O-].[Na+]. The van der Waals surface area contributed by atoms with Crippen LogP contribution in [0.1, 0.15) is 25.7 Å². The minimum absolute atomic E-state index is 0. The van der Waals surface area contributed by atoms with Crippen LogP contribution in [0.3, 0.4) is 0 Å². The van der Waals surface area contributed by atoms with E-state index >= 15 is 0 Å². The third-order valence-corrected chi connectivity index (χ3v) is 1.86. The summed E-state index contributed by atoms with van der Waals surface area (Å²) in [6.45, 7) is 8.01. The van der Waals surface area contributed by atoms with Gasteiger partial charge in [0, 0.05) is 26.2 Å². The Labute approximate surface area is 144 Å². The monoisotopic (exact) mass is 334 g/mol. The van der Waals surface area contributed by atoms with Crippen molar-refractivity contribution >= 4 is 15.9 Å². The minimum Gasteiger partial charge on any atom is -0.857 e. The Kier molecular flexibility index (Phi) is 90.9. The maximum absolute atomic E-state index is 8.25. The van der Waals surface area contributed by atoms with Crippen LogP contribution in [-0.4, -0.2) is 38.4 Å². The van der Waals surface area contributed by atoms with E-state index in [-0.39, 0.29) is 29.6 Å². The molecule has 0 fully saturated rings. The van der Waals surface area contributed by atoms with Crippen LogP contribution in [0.15, 0.2) is 25.3 Å². The molecule has 0 spiro atoms. The zero-order valence-corrected chi connectivity index (χ0v) is 16.0. The average Bonchev–Trinajstić information content (AvgIpc) is 2.42. The molecule has 0 unspecified atom stereocenters. The van der Waals surface area contributed by atoms with Crippen molar-refractivity contribution in [2.45, 2.75) is 25.7 Å². The fourth-order valence-corrected chi connectivity index (χ4v) is 0.917. The van der Waals surface area contributed by atoms with Gasteiger partial charge in [0.1, 0.15) is 0 Å². The van der Waals surface area contributed by atoms with Crippen molar-refractivity contribution in [2.75, 3.05) is 33.3 Å². The van der Waals surface area contributed by atoms with Gasteiger partial charge in [-0.25, -0.2) is 0 Å². The van der Waals surface area contributed by atoms with Crippen LogP contribution in [0.25, 0.3) is 0 Å². The molecular formula is C13H28BrNaO3. The number of aliphatic hydroxyl groups excluding tert-OH is 1. The molecule has 0 aromatic rings. The maximum atomic E-state index is 8.25. The summed E-state index contributed by atoms with van der Waals surface area (Å²) in [5.74, 6) is 0. The molecule has 5 heteroatoms. The zero-order chi connectivity index (χ0) is 14.4. The van der Waals surface area contributed by atoms with Gasteiger partial charge in [0.2, 0.25) is 0 Å². The average molecular weight is 335 g/mol. The number of ether oxygens (including phenoxy) is 1. The first-order valence-electron chi connectivity index (χ1n) is 5.45. The van der Waals surface area contributed by atoms with E-state index in [2.05, 4.69) is 29.1 Å². The van der Waals surface area contributed by atoms with Crippen LogP contribution in [0.4, 0.5) is 0 Å². The molecule has 106 valence electrons. The number of hydrogen-bond donors (Lipinski definition) is 1. The van der Waals surface area contributed by atoms with Crippen LogP contribution in [0.2, 0.25) is 0 Å². The van der Waals surface area contributed by atoms with Gasteiger partial charge in [-0.05, 0) is 25.7 Å². The Morgan fingerprint density at radius 3 is 1.72 bits per heavy atom. The fraction of sp³-hybridized carbons (Fsp3) is 0.692. The quantitative estimate of drug-likeness (QED) is 0.296. The maximum Gasteiger partial charge on any atom is 1.00 e. The summed E-state index contributed by atoms with van der Waals surface area (Å²) in [5.41, 5.74) is 0. The van der Waals surface area contributed by atoms with Gasteiger partial charge in [-0.3, -0.25) is 0 Å². The van der Waals surface area contributed by atoms with Crippen LogP contribution in [0, 0.1) is 0 Å². The summed E-state index contributed by atoms with van der Waals surface area (Å²) >= 11 is 3.30. The number of alkyl halides is 1. The standard InChI is InChI=1S/C6H12O.C5H9Br.CH4O.CH3O.Na/c1-3-4-5-6-7-2;1-2-3-4-5-6;2*1-2;/h3H,1,4-6H2,2H3;2H,1,3-5H2;2H,1H3;1H3;/q;;;-1;+1. The van der Waals surface area contributed by atoms with E-state index in [1.54, 1.807) is 7.11 Å². The second kappa shape index (κ2) is 52.3. The number of unbranched alkanes of at least 4 members (excludes halogenated alkanes) is 2. The molecule has 18 heavy (non-hydrogen) atoms. The first-order chi connectivity index (χ1) is 8.33. The summed E-state index contributed by atoms with van der Waals surface area (Å²) in [6.07, 6.45) is 8.34.